The quantitative estimate of drug-likeness (QED) is 0.249. The maximum absolute atomic E-state index is 11.2. The molecule has 0 saturated carbocycles. The first kappa shape index (κ1) is 19.1. The molecular formula is C26H20N4O3. The molecule has 0 saturated heterocycles. The highest BCUT2D eigenvalue weighted by Gasteiger charge is 2.29. The largest absolute Gasteiger partial charge is 0.507 e. The SMILES string of the molecule is Cc1ccc(O)c(-c2c(-c3c[nH]c4ccccc34)c(O)c(O)n2-c2ccc3nc[nH]c3c2)c1. The number of hydrogen-bond acceptors (Lipinski definition) is 4. The Kier molecular flexibility index (Phi) is 4.00. The van der Waals surface area contributed by atoms with Crippen molar-refractivity contribution < 1.29 is 15.3 Å². The summed E-state index contributed by atoms with van der Waals surface area (Å²) in [6, 6.07) is 18.5. The van der Waals surface area contributed by atoms with E-state index >= 15 is 0 Å². The van der Waals surface area contributed by atoms with Crippen LogP contribution >= 0.6 is 0 Å². The number of nitrogens with one attached hydrogen (secondary N) is 2. The smallest absolute Gasteiger partial charge is 0.240 e. The summed E-state index contributed by atoms with van der Waals surface area (Å²) < 4.78 is 1.56. The molecule has 3 heterocycles. The van der Waals surface area contributed by atoms with Crippen LogP contribution in [-0.4, -0.2) is 34.8 Å². The van der Waals surface area contributed by atoms with Gasteiger partial charge in [0.15, 0.2) is 5.75 Å². The maximum Gasteiger partial charge on any atom is 0.240 e. The number of phenolic OH excluding ortho intramolecular Hbond substituents is 1. The van der Waals surface area contributed by atoms with E-state index in [0.717, 1.165) is 33.1 Å². The lowest BCUT2D eigenvalue weighted by molar-refractivity contribution is 0.388. The molecule has 0 radical (unpaired) electrons. The van der Waals surface area contributed by atoms with Crippen LogP contribution in [0.15, 0.2) is 73.2 Å². The zero-order chi connectivity index (χ0) is 22.7. The predicted octanol–water partition coefficient (Wildman–Crippen LogP) is 5.59. The average Bonchev–Trinajstić information content (AvgIpc) is 3.52. The number of nitrogens with zero attached hydrogens (tertiary/aromatic N) is 2. The Hall–Kier alpha value is -4.65. The minimum atomic E-state index is -0.315. The molecule has 6 rings (SSSR count). The van der Waals surface area contributed by atoms with Crippen molar-refractivity contribution in [1.82, 2.24) is 19.5 Å². The van der Waals surface area contributed by atoms with E-state index in [9.17, 15) is 15.3 Å². The fourth-order valence-corrected chi connectivity index (χ4v) is 4.49. The number of H-pyrrole nitrogens is 2. The van der Waals surface area contributed by atoms with Gasteiger partial charge in [0.1, 0.15) is 5.75 Å². The normalized spacial score (nSPS) is 11.5. The van der Waals surface area contributed by atoms with E-state index in [0.29, 0.717) is 22.5 Å². The van der Waals surface area contributed by atoms with E-state index in [1.54, 1.807) is 23.2 Å². The van der Waals surface area contributed by atoms with Crippen LogP contribution < -0.4 is 0 Å². The molecule has 6 aromatic rings. The lowest BCUT2D eigenvalue weighted by atomic mass is 9.98. The van der Waals surface area contributed by atoms with Crippen molar-refractivity contribution in [1.29, 1.82) is 0 Å². The van der Waals surface area contributed by atoms with Crippen molar-refractivity contribution >= 4 is 21.9 Å². The molecule has 3 aromatic heterocycles. The zero-order valence-corrected chi connectivity index (χ0v) is 17.7. The fourth-order valence-electron chi connectivity index (χ4n) is 4.49. The van der Waals surface area contributed by atoms with Crippen LogP contribution in [-0.2, 0) is 0 Å². The molecule has 3 aromatic carbocycles. The Morgan fingerprint density at radius 3 is 2.58 bits per heavy atom. The predicted molar refractivity (Wildman–Crippen MR) is 128 cm³/mol. The summed E-state index contributed by atoms with van der Waals surface area (Å²) in [4.78, 5) is 10.6. The molecule has 0 aliphatic carbocycles. The first-order valence-electron chi connectivity index (χ1n) is 10.5. The highest BCUT2D eigenvalue weighted by molar-refractivity contribution is 6.03. The van der Waals surface area contributed by atoms with Gasteiger partial charge in [-0.05, 0) is 43.3 Å². The minimum Gasteiger partial charge on any atom is -0.507 e. The highest BCUT2D eigenvalue weighted by Crippen LogP contribution is 2.51. The maximum atomic E-state index is 11.2. The Labute approximate surface area is 188 Å². The van der Waals surface area contributed by atoms with Crippen molar-refractivity contribution in [2.45, 2.75) is 6.92 Å². The lowest BCUT2D eigenvalue weighted by Gasteiger charge is -2.14. The molecule has 0 fully saturated rings. The molecule has 0 bridgehead atoms. The van der Waals surface area contributed by atoms with E-state index < -0.39 is 0 Å². The molecular weight excluding hydrogens is 416 g/mol. The second-order valence-electron chi connectivity index (χ2n) is 8.10. The number of aromatic hydroxyl groups is 3. The van der Waals surface area contributed by atoms with E-state index in [2.05, 4.69) is 15.0 Å². The standard InChI is InChI=1S/C26H20N4O3/c1-14-6-9-22(31)17(10-14)24-23(18-12-27-19-5-3-2-4-16(18)19)25(32)26(33)30(24)15-7-8-20-21(11-15)29-13-28-20/h2-13,27,31-33H,1H3,(H,28,29). The summed E-state index contributed by atoms with van der Waals surface area (Å²) in [7, 11) is 0. The Bertz CT molecular complexity index is 1670. The molecule has 7 nitrogen and oxygen atoms in total. The van der Waals surface area contributed by atoms with Crippen LogP contribution in [0.5, 0.6) is 17.4 Å². The van der Waals surface area contributed by atoms with Gasteiger partial charge in [-0.25, -0.2) is 4.98 Å². The van der Waals surface area contributed by atoms with Crippen molar-refractivity contribution in [3.63, 3.8) is 0 Å². The summed E-state index contributed by atoms with van der Waals surface area (Å²) in [6.07, 6.45) is 3.41. The van der Waals surface area contributed by atoms with E-state index in [1.807, 2.05) is 61.5 Å². The van der Waals surface area contributed by atoms with Gasteiger partial charge >= 0.3 is 0 Å². The van der Waals surface area contributed by atoms with Crippen LogP contribution in [0.3, 0.4) is 0 Å². The molecule has 0 spiro atoms. The van der Waals surface area contributed by atoms with Gasteiger partial charge in [0.25, 0.3) is 0 Å². The van der Waals surface area contributed by atoms with Gasteiger partial charge in [-0.2, -0.15) is 0 Å². The molecule has 0 aliphatic rings. The molecule has 7 heteroatoms. The number of phenols is 1. The topological polar surface area (TPSA) is 110 Å². The summed E-state index contributed by atoms with van der Waals surface area (Å²) in [5, 5.41) is 34.1. The number of aromatic amines is 2. The first-order valence-corrected chi connectivity index (χ1v) is 10.5. The highest BCUT2D eigenvalue weighted by atomic mass is 16.3. The van der Waals surface area contributed by atoms with Crippen LogP contribution in [0.25, 0.3) is 50.0 Å². The number of aryl methyl sites for hydroxylation is 1. The van der Waals surface area contributed by atoms with Gasteiger partial charge in [0.05, 0.1) is 34.3 Å². The lowest BCUT2D eigenvalue weighted by Crippen LogP contribution is -1.98. The molecule has 5 N–H and O–H groups in total. The molecule has 0 atom stereocenters. The van der Waals surface area contributed by atoms with Crippen LogP contribution in [0.4, 0.5) is 0 Å². The average molecular weight is 436 g/mol. The van der Waals surface area contributed by atoms with Crippen molar-refractivity contribution in [2.24, 2.45) is 0 Å². The second kappa shape index (κ2) is 6.93. The molecule has 33 heavy (non-hydrogen) atoms. The molecule has 0 aliphatic heterocycles. The Morgan fingerprint density at radius 2 is 1.70 bits per heavy atom. The van der Waals surface area contributed by atoms with E-state index in [1.165, 1.54) is 0 Å². The Balaban J connectivity index is 1.75. The van der Waals surface area contributed by atoms with Crippen molar-refractivity contribution in [3.8, 4) is 45.5 Å². The third-order valence-electron chi connectivity index (χ3n) is 6.05. The molecule has 0 unspecified atom stereocenters. The number of rotatable bonds is 3. The van der Waals surface area contributed by atoms with Gasteiger partial charge in [0, 0.05) is 28.2 Å². The van der Waals surface area contributed by atoms with Gasteiger partial charge in [-0.3, -0.25) is 4.57 Å². The van der Waals surface area contributed by atoms with Crippen LogP contribution in [0.2, 0.25) is 0 Å². The van der Waals surface area contributed by atoms with Gasteiger partial charge in [-0.15, -0.1) is 0 Å². The second-order valence-corrected chi connectivity index (χ2v) is 8.10. The minimum absolute atomic E-state index is 0.0445. The summed E-state index contributed by atoms with van der Waals surface area (Å²) >= 11 is 0. The zero-order valence-electron chi connectivity index (χ0n) is 17.7. The number of benzene rings is 3. The third-order valence-corrected chi connectivity index (χ3v) is 6.05. The van der Waals surface area contributed by atoms with Gasteiger partial charge in [0.2, 0.25) is 5.88 Å². The molecule has 162 valence electrons. The summed E-state index contributed by atoms with van der Waals surface area (Å²) in [6.45, 7) is 1.93. The number of para-hydroxylation sites is 1. The first-order chi connectivity index (χ1) is 16.0. The fraction of sp³-hybridized carbons (Fsp3) is 0.0385. The van der Waals surface area contributed by atoms with E-state index in [4.69, 9.17) is 0 Å². The summed E-state index contributed by atoms with van der Waals surface area (Å²) in [5.41, 5.74) is 6.14. The third kappa shape index (κ3) is 2.79. The number of fused-ring (bicyclic) bond motifs is 2. The number of hydrogen-bond donors (Lipinski definition) is 5. The number of aromatic nitrogens is 4. The molecule has 0 amide bonds. The van der Waals surface area contributed by atoms with Gasteiger partial charge < -0.3 is 25.3 Å². The van der Waals surface area contributed by atoms with Crippen molar-refractivity contribution in [2.75, 3.05) is 0 Å². The van der Waals surface area contributed by atoms with Crippen LogP contribution in [0, 0.1) is 6.92 Å². The van der Waals surface area contributed by atoms with Crippen LogP contribution in [0.1, 0.15) is 5.56 Å². The summed E-state index contributed by atoms with van der Waals surface area (Å²) in [5.74, 6) is -0.534. The Morgan fingerprint density at radius 1 is 0.848 bits per heavy atom. The van der Waals surface area contributed by atoms with Gasteiger partial charge in [-0.1, -0.05) is 29.8 Å². The van der Waals surface area contributed by atoms with Crippen molar-refractivity contribution in [3.05, 3.63) is 78.8 Å². The monoisotopic (exact) mass is 436 g/mol. The van der Waals surface area contributed by atoms with E-state index in [-0.39, 0.29) is 17.4 Å². The number of imidazole rings is 1.